The first-order chi connectivity index (χ1) is 12.5. The van der Waals surface area contributed by atoms with E-state index < -0.39 is 0 Å². The molecule has 0 spiro atoms. The highest BCUT2D eigenvalue weighted by Gasteiger charge is 2.51. The van der Waals surface area contributed by atoms with E-state index in [4.69, 9.17) is 17.0 Å². The largest absolute Gasteiger partial charge is 0.465 e. The van der Waals surface area contributed by atoms with Gasteiger partial charge in [0.05, 0.1) is 29.0 Å². The second kappa shape index (κ2) is 6.69. The summed E-state index contributed by atoms with van der Waals surface area (Å²) in [5.41, 5.74) is 4.28. The number of carbonyl (C=O) groups is 1. The topological polar surface area (TPSA) is 32.8 Å². The summed E-state index contributed by atoms with van der Waals surface area (Å²) in [5, 5.41) is 0. The molecule has 1 aromatic rings. The van der Waals surface area contributed by atoms with Crippen molar-refractivity contribution >= 4 is 34.6 Å². The van der Waals surface area contributed by atoms with E-state index in [-0.39, 0.29) is 11.6 Å². The SMILES string of the molecule is COC(=O)c1ccc2c(c1)N1C(=S)CCC1(C)N2CCC1=CCCCC1. The zero-order valence-corrected chi connectivity index (χ0v) is 16.4. The fourth-order valence-electron chi connectivity index (χ4n) is 4.67. The highest BCUT2D eigenvalue weighted by molar-refractivity contribution is 7.80. The molecule has 2 aliphatic heterocycles. The lowest BCUT2D eigenvalue weighted by Gasteiger charge is -2.38. The zero-order chi connectivity index (χ0) is 18.3. The third kappa shape index (κ3) is 2.73. The number of hydrogen-bond acceptors (Lipinski definition) is 4. The van der Waals surface area contributed by atoms with Gasteiger partial charge in [-0.25, -0.2) is 4.79 Å². The maximum atomic E-state index is 12.0. The molecular weight excluding hydrogens is 344 g/mol. The number of nitrogens with zero attached hydrogens (tertiary/aromatic N) is 2. The summed E-state index contributed by atoms with van der Waals surface area (Å²) in [4.78, 5) is 17.7. The molecule has 0 aromatic heterocycles. The van der Waals surface area contributed by atoms with Gasteiger partial charge in [-0.1, -0.05) is 23.9 Å². The second-order valence-corrected chi connectivity index (χ2v) is 8.12. The normalized spacial score (nSPS) is 24.4. The summed E-state index contributed by atoms with van der Waals surface area (Å²) < 4.78 is 4.90. The molecule has 138 valence electrons. The summed E-state index contributed by atoms with van der Waals surface area (Å²) in [6.45, 7) is 3.27. The lowest BCUT2D eigenvalue weighted by atomic mass is 9.96. The third-order valence-electron chi connectivity index (χ3n) is 6.09. The van der Waals surface area contributed by atoms with Gasteiger partial charge in [-0.3, -0.25) is 0 Å². The lowest BCUT2D eigenvalue weighted by molar-refractivity contribution is 0.0601. The molecule has 1 fully saturated rings. The van der Waals surface area contributed by atoms with E-state index in [1.807, 2.05) is 12.1 Å². The van der Waals surface area contributed by atoms with Crippen LogP contribution in [0.25, 0.3) is 0 Å². The minimum Gasteiger partial charge on any atom is -0.465 e. The Hall–Kier alpha value is -1.88. The van der Waals surface area contributed by atoms with Crippen LogP contribution in [-0.2, 0) is 4.74 Å². The van der Waals surface area contributed by atoms with Gasteiger partial charge in [0.2, 0.25) is 0 Å². The lowest BCUT2D eigenvalue weighted by Crippen LogP contribution is -2.52. The Kier molecular flexibility index (Phi) is 4.51. The molecule has 4 rings (SSSR count). The van der Waals surface area contributed by atoms with Crippen molar-refractivity contribution in [2.24, 2.45) is 0 Å². The number of benzene rings is 1. The molecule has 1 aliphatic carbocycles. The standard InChI is InChI=1S/C21H26N2O2S/c1-21-12-10-19(26)23(21)18-14-16(20(24)25-2)8-9-17(18)22(21)13-11-15-6-4-3-5-7-15/h6,8-9,14H,3-5,7,10-13H2,1-2H3. The molecule has 0 bridgehead atoms. The molecule has 0 amide bonds. The van der Waals surface area contributed by atoms with Crippen molar-refractivity contribution in [3.63, 3.8) is 0 Å². The summed E-state index contributed by atoms with van der Waals surface area (Å²) in [6.07, 6.45) is 10.6. The van der Waals surface area contributed by atoms with Crippen molar-refractivity contribution in [2.75, 3.05) is 23.5 Å². The van der Waals surface area contributed by atoms with E-state index in [2.05, 4.69) is 28.9 Å². The molecule has 1 atom stereocenters. The molecule has 3 aliphatic rings. The number of methoxy groups -OCH3 is 1. The van der Waals surface area contributed by atoms with Gasteiger partial charge in [0.1, 0.15) is 5.66 Å². The van der Waals surface area contributed by atoms with Crippen molar-refractivity contribution in [1.29, 1.82) is 0 Å². The van der Waals surface area contributed by atoms with Crippen LogP contribution in [0, 0.1) is 0 Å². The Morgan fingerprint density at radius 2 is 2.12 bits per heavy atom. The summed E-state index contributed by atoms with van der Waals surface area (Å²) >= 11 is 5.68. The van der Waals surface area contributed by atoms with Gasteiger partial charge in [-0.2, -0.15) is 0 Å². The number of fused-ring (bicyclic) bond motifs is 3. The molecule has 5 heteroatoms. The van der Waals surface area contributed by atoms with Gasteiger partial charge in [0.15, 0.2) is 0 Å². The first kappa shape index (κ1) is 17.5. The van der Waals surface area contributed by atoms with E-state index in [0.717, 1.165) is 36.5 Å². The van der Waals surface area contributed by atoms with Crippen LogP contribution in [0.3, 0.4) is 0 Å². The van der Waals surface area contributed by atoms with Crippen molar-refractivity contribution < 1.29 is 9.53 Å². The first-order valence-electron chi connectivity index (χ1n) is 9.55. The van der Waals surface area contributed by atoms with Crippen molar-refractivity contribution in [3.05, 3.63) is 35.4 Å². The number of allylic oxidation sites excluding steroid dienone is 1. The van der Waals surface area contributed by atoms with Crippen molar-refractivity contribution in [3.8, 4) is 0 Å². The van der Waals surface area contributed by atoms with Gasteiger partial charge in [-0.05, 0) is 63.6 Å². The average Bonchev–Trinajstić information content (AvgIpc) is 3.10. The summed E-state index contributed by atoms with van der Waals surface area (Å²) in [6, 6.07) is 5.87. The predicted molar refractivity (Wildman–Crippen MR) is 109 cm³/mol. The van der Waals surface area contributed by atoms with Crippen molar-refractivity contribution in [1.82, 2.24) is 0 Å². The van der Waals surface area contributed by atoms with E-state index >= 15 is 0 Å². The minimum absolute atomic E-state index is 0.122. The summed E-state index contributed by atoms with van der Waals surface area (Å²) in [5.74, 6) is -0.301. The average molecular weight is 371 g/mol. The van der Waals surface area contributed by atoms with Gasteiger partial charge in [-0.15, -0.1) is 0 Å². The molecule has 1 aromatic carbocycles. The molecular formula is C21H26N2O2S. The smallest absolute Gasteiger partial charge is 0.337 e. The number of hydrogen-bond donors (Lipinski definition) is 0. The Balaban J connectivity index is 1.67. The summed E-state index contributed by atoms with van der Waals surface area (Å²) in [7, 11) is 1.42. The number of anilines is 2. The second-order valence-electron chi connectivity index (χ2n) is 7.65. The zero-order valence-electron chi connectivity index (χ0n) is 15.6. The Bertz CT molecular complexity index is 788. The van der Waals surface area contributed by atoms with Gasteiger partial charge in [0, 0.05) is 13.0 Å². The van der Waals surface area contributed by atoms with Crippen LogP contribution in [0.5, 0.6) is 0 Å². The molecule has 4 nitrogen and oxygen atoms in total. The monoisotopic (exact) mass is 370 g/mol. The van der Waals surface area contributed by atoms with Gasteiger partial charge in [0.25, 0.3) is 0 Å². The molecule has 0 radical (unpaired) electrons. The highest BCUT2D eigenvalue weighted by Crippen LogP contribution is 2.51. The van der Waals surface area contributed by atoms with E-state index in [0.29, 0.717) is 5.56 Å². The van der Waals surface area contributed by atoms with Crippen LogP contribution in [0.1, 0.15) is 62.2 Å². The van der Waals surface area contributed by atoms with Crippen LogP contribution < -0.4 is 9.80 Å². The van der Waals surface area contributed by atoms with E-state index in [9.17, 15) is 4.79 Å². The van der Waals surface area contributed by atoms with E-state index in [1.165, 1.54) is 38.5 Å². The molecule has 1 unspecified atom stereocenters. The molecule has 0 N–H and O–H groups in total. The first-order valence-corrected chi connectivity index (χ1v) is 9.96. The quantitative estimate of drug-likeness (QED) is 0.431. The maximum absolute atomic E-state index is 12.0. The minimum atomic E-state index is -0.301. The Labute approximate surface area is 160 Å². The number of carbonyl (C=O) groups excluding carboxylic acids is 1. The molecule has 1 saturated heterocycles. The maximum Gasteiger partial charge on any atom is 0.337 e. The molecule has 2 heterocycles. The van der Waals surface area contributed by atoms with E-state index in [1.54, 1.807) is 5.57 Å². The van der Waals surface area contributed by atoms with Crippen LogP contribution in [-0.4, -0.2) is 30.3 Å². The van der Waals surface area contributed by atoms with Crippen LogP contribution in [0.2, 0.25) is 0 Å². The third-order valence-corrected chi connectivity index (χ3v) is 6.48. The van der Waals surface area contributed by atoms with Crippen molar-refractivity contribution in [2.45, 2.75) is 57.5 Å². The van der Waals surface area contributed by atoms with Crippen LogP contribution >= 0.6 is 12.2 Å². The predicted octanol–water partition coefficient (Wildman–Crippen LogP) is 4.83. The highest BCUT2D eigenvalue weighted by atomic mass is 32.1. The number of thiocarbonyl (C=S) groups is 1. The number of rotatable bonds is 4. The molecule has 26 heavy (non-hydrogen) atoms. The Morgan fingerprint density at radius 3 is 2.85 bits per heavy atom. The van der Waals surface area contributed by atoms with Gasteiger partial charge >= 0.3 is 5.97 Å². The number of esters is 1. The van der Waals surface area contributed by atoms with Crippen LogP contribution in [0.15, 0.2) is 29.8 Å². The fourth-order valence-corrected chi connectivity index (χ4v) is 5.07. The van der Waals surface area contributed by atoms with Crippen LogP contribution in [0.4, 0.5) is 11.4 Å². The van der Waals surface area contributed by atoms with Gasteiger partial charge < -0.3 is 14.5 Å². The Morgan fingerprint density at radius 1 is 1.27 bits per heavy atom. The fraction of sp³-hybridized carbons (Fsp3) is 0.524. The molecule has 0 saturated carbocycles. The number of ether oxygens (including phenoxy) is 1.